The Morgan fingerprint density at radius 2 is 1.93 bits per heavy atom. The number of nitrogens with one attached hydrogen (secondary N) is 2. The Balaban J connectivity index is 2.90. The number of carboxylic acid groups (broad SMARTS) is 1. The van der Waals surface area contributed by atoms with Crippen molar-refractivity contribution in [1.29, 1.82) is 0 Å². The highest BCUT2D eigenvalue weighted by molar-refractivity contribution is 7.80. The Morgan fingerprint density at radius 1 is 1.27 bits per heavy atom. The van der Waals surface area contributed by atoms with Crippen LogP contribution in [0.5, 0.6) is 0 Å². The van der Waals surface area contributed by atoms with E-state index in [-0.39, 0.29) is 24.7 Å². The highest BCUT2D eigenvalue weighted by atomic mass is 32.1. The molecule has 0 saturated carbocycles. The molecule has 0 aromatic heterocycles. The van der Waals surface area contributed by atoms with Crippen LogP contribution < -0.4 is 27.8 Å². The maximum absolute atomic E-state index is 13.1. The normalized spacial score (nSPS) is 18.8. The van der Waals surface area contributed by atoms with E-state index in [1.807, 2.05) is 0 Å². The van der Waals surface area contributed by atoms with E-state index < -0.39 is 47.9 Å². The molecule has 13 heteroatoms. The highest BCUT2D eigenvalue weighted by Crippen LogP contribution is 2.20. The predicted octanol–water partition coefficient (Wildman–Crippen LogP) is -2.64. The third kappa shape index (κ3) is 7.71. The second kappa shape index (κ2) is 12.2. The smallest absolute Gasteiger partial charge is 0.325 e. The summed E-state index contributed by atoms with van der Waals surface area (Å²) in [5.74, 6) is -2.69. The quantitative estimate of drug-likeness (QED) is 0.0772. The molecule has 3 amide bonds. The topological polar surface area (TPSA) is 206 Å². The van der Waals surface area contributed by atoms with Gasteiger partial charge in [-0.2, -0.15) is 12.6 Å². The first-order chi connectivity index (χ1) is 14.1. The Morgan fingerprint density at radius 3 is 2.50 bits per heavy atom. The number of aliphatic imine (C=N–C) groups is 1. The summed E-state index contributed by atoms with van der Waals surface area (Å²) in [4.78, 5) is 54.0. The van der Waals surface area contributed by atoms with Crippen molar-refractivity contribution in [3.63, 3.8) is 0 Å². The fourth-order valence-electron chi connectivity index (χ4n) is 3.00. The number of amides is 3. The molecular weight excluding hydrogens is 414 g/mol. The number of nitrogens with zero attached hydrogens (tertiary/aromatic N) is 2. The number of carboxylic acids is 1. The second-order valence-corrected chi connectivity index (χ2v) is 7.42. The predicted molar refractivity (Wildman–Crippen MR) is 114 cm³/mol. The van der Waals surface area contributed by atoms with Crippen molar-refractivity contribution in [3.8, 4) is 0 Å². The Bertz CT molecular complexity index is 671. The van der Waals surface area contributed by atoms with Crippen molar-refractivity contribution in [2.24, 2.45) is 22.2 Å². The van der Waals surface area contributed by atoms with E-state index >= 15 is 0 Å². The van der Waals surface area contributed by atoms with Crippen LogP contribution in [0.25, 0.3) is 0 Å². The summed E-state index contributed by atoms with van der Waals surface area (Å²) >= 11 is 3.99. The van der Waals surface area contributed by atoms with Crippen molar-refractivity contribution < 1.29 is 24.3 Å². The molecule has 0 spiro atoms. The number of hydrogen-bond donors (Lipinski definition) is 7. The molecule has 4 unspecified atom stereocenters. The van der Waals surface area contributed by atoms with Crippen LogP contribution in [0.15, 0.2) is 4.99 Å². The first kappa shape index (κ1) is 25.5. The van der Waals surface area contributed by atoms with Gasteiger partial charge in [-0.3, -0.25) is 24.2 Å². The zero-order valence-electron chi connectivity index (χ0n) is 16.9. The van der Waals surface area contributed by atoms with E-state index in [1.54, 1.807) is 0 Å². The molecule has 0 aromatic carbocycles. The van der Waals surface area contributed by atoms with Crippen molar-refractivity contribution in [2.75, 3.05) is 18.8 Å². The largest absolute Gasteiger partial charge is 0.480 e. The van der Waals surface area contributed by atoms with Crippen LogP contribution in [0.4, 0.5) is 0 Å². The first-order valence-corrected chi connectivity index (χ1v) is 10.3. The third-order valence-electron chi connectivity index (χ3n) is 4.66. The van der Waals surface area contributed by atoms with Crippen LogP contribution in [-0.4, -0.2) is 82.7 Å². The number of carbonyl (C=O) groups is 4. The fourth-order valence-corrected chi connectivity index (χ4v) is 3.16. The fraction of sp³-hybridized carbons (Fsp3) is 0.706. The summed E-state index contributed by atoms with van der Waals surface area (Å²) < 4.78 is 0. The van der Waals surface area contributed by atoms with E-state index in [0.717, 1.165) is 0 Å². The van der Waals surface area contributed by atoms with Crippen LogP contribution in [0.1, 0.15) is 32.6 Å². The molecule has 0 aliphatic carbocycles. The third-order valence-corrected chi connectivity index (χ3v) is 5.05. The van der Waals surface area contributed by atoms with Gasteiger partial charge >= 0.3 is 5.97 Å². The average Bonchev–Trinajstić information content (AvgIpc) is 3.18. The van der Waals surface area contributed by atoms with Gasteiger partial charge in [-0.1, -0.05) is 0 Å². The molecule has 0 aromatic rings. The molecule has 0 bridgehead atoms. The first-order valence-electron chi connectivity index (χ1n) is 9.64. The van der Waals surface area contributed by atoms with E-state index in [1.165, 1.54) is 11.8 Å². The summed E-state index contributed by atoms with van der Waals surface area (Å²) in [5, 5.41) is 14.0. The lowest BCUT2D eigenvalue weighted by Crippen LogP contribution is -2.56. The summed E-state index contributed by atoms with van der Waals surface area (Å²) in [6, 6.07) is -3.72. The van der Waals surface area contributed by atoms with Gasteiger partial charge in [0.05, 0.1) is 6.04 Å². The van der Waals surface area contributed by atoms with Crippen molar-refractivity contribution in [1.82, 2.24) is 15.5 Å². The highest BCUT2D eigenvalue weighted by Gasteiger charge is 2.38. The number of hydrogen-bond acceptors (Lipinski definition) is 7. The van der Waals surface area contributed by atoms with Gasteiger partial charge in [0, 0.05) is 18.8 Å². The summed E-state index contributed by atoms with van der Waals surface area (Å²) in [6.45, 7) is 1.92. The molecule has 1 heterocycles. The van der Waals surface area contributed by atoms with E-state index in [4.69, 9.17) is 22.3 Å². The minimum Gasteiger partial charge on any atom is -0.480 e. The van der Waals surface area contributed by atoms with E-state index in [0.29, 0.717) is 25.8 Å². The summed E-state index contributed by atoms with van der Waals surface area (Å²) in [5.41, 5.74) is 16.3. The van der Waals surface area contributed by atoms with Gasteiger partial charge in [-0.05, 0) is 32.6 Å². The number of rotatable bonds is 11. The van der Waals surface area contributed by atoms with Crippen LogP contribution >= 0.6 is 12.6 Å². The molecule has 1 saturated heterocycles. The summed E-state index contributed by atoms with van der Waals surface area (Å²) in [6.07, 6.45) is 1.62. The Hall–Kier alpha value is -2.54. The standard InChI is InChI=1S/C17H31N7O5S/c1-9(16(28)29)22-14(26)12-5-3-7-24(12)15(27)11(4-2-6-21-17(19)20)23-13(25)10(18)8-30/h9-12,30H,2-8,18H2,1H3,(H,22,26)(H,23,25)(H,28,29)(H4,19,20,21). The molecule has 1 aliphatic heterocycles. The number of guanidine groups is 1. The van der Waals surface area contributed by atoms with Gasteiger partial charge < -0.3 is 37.8 Å². The monoisotopic (exact) mass is 445 g/mol. The number of carbonyl (C=O) groups excluding carboxylic acids is 3. The molecule has 4 atom stereocenters. The molecule has 30 heavy (non-hydrogen) atoms. The number of nitrogens with two attached hydrogens (primary N) is 3. The molecule has 1 rings (SSSR count). The van der Waals surface area contributed by atoms with Crippen LogP contribution in [0.3, 0.4) is 0 Å². The van der Waals surface area contributed by atoms with Crippen molar-refractivity contribution in [2.45, 2.75) is 56.8 Å². The molecule has 12 nitrogen and oxygen atoms in total. The van der Waals surface area contributed by atoms with Crippen LogP contribution in [0, 0.1) is 0 Å². The SMILES string of the molecule is CC(NC(=O)C1CCCN1C(=O)C(CCCN=C(N)N)NC(=O)C(N)CS)C(=O)O. The number of likely N-dealkylation sites (tertiary alicyclic amines) is 1. The van der Waals surface area contributed by atoms with Gasteiger partial charge in [-0.25, -0.2) is 0 Å². The van der Waals surface area contributed by atoms with Gasteiger partial charge in [0.15, 0.2) is 5.96 Å². The van der Waals surface area contributed by atoms with Crippen LogP contribution in [-0.2, 0) is 19.2 Å². The number of thiol groups is 1. The zero-order valence-corrected chi connectivity index (χ0v) is 17.8. The molecule has 1 fully saturated rings. The molecular formula is C17H31N7O5S. The van der Waals surface area contributed by atoms with Gasteiger partial charge in [-0.15, -0.1) is 0 Å². The van der Waals surface area contributed by atoms with Crippen molar-refractivity contribution in [3.05, 3.63) is 0 Å². The summed E-state index contributed by atoms with van der Waals surface area (Å²) in [7, 11) is 0. The van der Waals surface area contributed by atoms with E-state index in [9.17, 15) is 19.2 Å². The Kier molecular flexibility index (Phi) is 10.4. The minimum atomic E-state index is -1.18. The molecule has 1 aliphatic rings. The molecule has 9 N–H and O–H groups in total. The van der Waals surface area contributed by atoms with Crippen molar-refractivity contribution >= 4 is 42.3 Å². The zero-order chi connectivity index (χ0) is 22.8. The van der Waals surface area contributed by atoms with Crippen LogP contribution in [0.2, 0.25) is 0 Å². The lowest BCUT2D eigenvalue weighted by Gasteiger charge is -2.29. The van der Waals surface area contributed by atoms with Gasteiger partial charge in [0.1, 0.15) is 18.1 Å². The number of aliphatic carboxylic acids is 1. The maximum Gasteiger partial charge on any atom is 0.325 e. The lowest BCUT2D eigenvalue weighted by atomic mass is 10.1. The molecule has 170 valence electrons. The second-order valence-electron chi connectivity index (χ2n) is 7.06. The lowest BCUT2D eigenvalue weighted by molar-refractivity contribution is -0.144. The average molecular weight is 446 g/mol. The van der Waals surface area contributed by atoms with Gasteiger partial charge in [0.2, 0.25) is 17.7 Å². The maximum atomic E-state index is 13.1. The van der Waals surface area contributed by atoms with E-state index in [2.05, 4.69) is 28.3 Å². The molecule has 0 radical (unpaired) electrons. The van der Waals surface area contributed by atoms with Gasteiger partial charge in [0.25, 0.3) is 0 Å². The minimum absolute atomic E-state index is 0.0807. The Labute approximate surface area is 180 Å².